The van der Waals surface area contributed by atoms with Gasteiger partial charge in [0.15, 0.2) is 5.75 Å². The fourth-order valence-electron chi connectivity index (χ4n) is 2.46. The average molecular weight is 274 g/mol. The van der Waals surface area contributed by atoms with Gasteiger partial charge in [-0.2, -0.15) is 5.10 Å². The summed E-state index contributed by atoms with van der Waals surface area (Å²) in [4.78, 5) is 0. The molecule has 2 aromatic rings. The van der Waals surface area contributed by atoms with Gasteiger partial charge in [-0.15, -0.1) is 0 Å². The zero-order valence-corrected chi connectivity index (χ0v) is 12.7. The van der Waals surface area contributed by atoms with E-state index in [2.05, 4.69) is 11.2 Å². The first-order valence-corrected chi connectivity index (χ1v) is 6.82. The minimum Gasteiger partial charge on any atom is -0.493 e. The Morgan fingerprint density at radius 3 is 2.50 bits per heavy atom. The lowest BCUT2D eigenvalue weighted by atomic mass is 9.98. The highest BCUT2D eigenvalue weighted by Gasteiger charge is 2.23. The van der Waals surface area contributed by atoms with Crippen molar-refractivity contribution in [2.24, 2.45) is 0 Å². The maximum atomic E-state index is 10.8. The highest BCUT2D eigenvalue weighted by molar-refractivity contribution is 5.40. The maximum absolute atomic E-state index is 10.8. The van der Waals surface area contributed by atoms with Crippen molar-refractivity contribution in [1.29, 1.82) is 0 Å². The van der Waals surface area contributed by atoms with Gasteiger partial charge in [-0.25, -0.2) is 0 Å². The second kappa shape index (κ2) is 5.67. The number of hydrogen-bond acceptors (Lipinski definition) is 3. The average Bonchev–Trinajstić information content (AvgIpc) is 2.81. The first kappa shape index (κ1) is 14.6. The van der Waals surface area contributed by atoms with Crippen LogP contribution in [0.15, 0.2) is 24.4 Å². The van der Waals surface area contributed by atoms with Crippen LogP contribution in [0.5, 0.6) is 5.75 Å². The molecule has 1 N–H and O–H groups in total. The summed E-state index contributed by atoms with van der Waals surface area (Å²) in [5.41, 5.74) is 3.84. The second-order valence-corrected chi connectivity index (χ2v) is 5.40. The zero-order chi connectivity index (χ0) is 14.9. The molecule has 1 aromatic carbocycles. The van der Waals surface area contributed by atoms with Crippen molar-refractivity contribution < 1.29 is 9.84 Å². The summed E-state index contributed by atoms with van der Waals surface area (Å²) in [5, 5.41) is 15.1. The molecule has 1 heterocycles. The quantitative estimate of drug-likeness (QED) is 0.931. The van der Waals surface area contributed by atoms with Gasteiger partial charge in [0.2, 0.25) is 0 Å². The molecule has 0 saturated heterocycles. The van der Waals surface area contributed by atoms with Crippen LogP contribution in [0.25, 0.3) is 0 Å². The molecule has 0 aliphatic carbocycles. The topological polar surface area (TPSA) is 47.3 Å². The van der Waals surface area contributed by atoms with Crippen molar-refractivity contribution in [3.05, 3.63) is 46.8 Å². The molecule has 0 aliphatic heterocycles. The summed E-state index contributed by atoms with van der Waals surface area (Å²) in [6.07, 6.45) is 0.915. The molecular formula is C16H22N2O2. The van der Waals surface area contributed by atoms with E-state index in [-0.39, 0.29) is 6.04 Å². The van der Waals surface area contributed by atoms with Crippen LogP contribution in [0.1, 0.15) is 48.4 Å². The molecule has 0 bridgehead atoms. The normalized spacial score (nSPS) is 12.8. The van der Waals surface area contributed by atoms with Crippen LogP contribution in [-0.2, 0) is 0 Å². The number of rotatable bonds is 4. The Bertz CT molecular complexity index is 603. The number of nitrogens with zero attached hydrogens (tertiary/aromatic N) is 2. The van der Waals surface area contributed by atoms with Crippen molar-refractivity contribution in [3.63, 3.8) is 0 Å². The third-order valence-corrected chi connectivity index (χ3v) is 3.49. The number of aliphatic hydroxyl groups excluding tert-OH is 1. The first-order valence-electron chi connectivity index (χ1n) is 6.82. The molecule has 2 rings (SSSR count). The van der Waals surface area contributed by atoms with E-state index in [1.54, 1.807) is 13.3 Å². The molecule has 0 fully saturated rings. The largest absolute Gasteiger partial charge is 0.493 e. The Morgan fingerprint density at radius 2 is 1.95 bits per heavy atom. The number of aliphatic hydroxyl groups is 1. The fourth-order valence-corrected chi connectivity index (χ4v) is 2.46. The van der Waals surface area contributed by atoms with Gasteiger partial charge in [0.1, 0.15) is 11.8 Å². The van der Waals surface area contributed by atoms with Crippen molar-refractivity contribution in [2.75, 3.05) is 7.11 Å². The number of hydrogen-bond donors (Lipinski definition) is 1. The summed E-state index contributed by atoms with van der Waals surface area (Å²) in [7, 11) is 1.60. The summed E-state index contributed by atoms with van der Waals surface area (Å²) in [6, 6.07) is 6.20. The van der Waals surface area contributed by atoms with Gasteiger partial charge >= 0.3 is 0 Å². The van der Waals surface area contributed by atoms with Crippen LogP contribution in [0.3, 0.4) is 0 Å². The Hall–Kier alpha value is -1.81. The molecule has 0 saturated carbocycles. The third-order valence-electron chi connectivity index (χ3n) is 3.49. The summed E-state index contributed by atoms with van der Waals surface area (Å²) < 4.78 is 7.15. The Kier molecular flexibility index (Phi) is 4.14. The molecule has 0 spiro atoms. The lowest BCUT2D eigenvalue weighted by molar-refractivity contribution is 0.199. The molecule has 108 valence electrons. The molecule has 1 unspecified atom stereocenters. The summed E-state index contributed by atoms with van der Waals surface area (Å²) in [6.45, 7) is 8.12. The Balaban J connectivity index is 2.52. The Labute approximate surface area is 120 Å². The van der Waals surface area contributed by atoms with Gasteiger partial charge in [-0.1, -0.05) is 23.8 Å². The van der Waals surface area contributed by atoms with Crippen LogP contribution >= 0.6 is 0 Å². The molecule has 4 nitrogen and oxygen atoms in total. The number of methoxy groups -OCH3 is 1. The van der Waals surface area contributed by atoms with Crippen LogP contribution in [0.4, 0.5) is 0 Å². The van der Waals surface area contributed by atoms with E-state index in [0.29, 0.717) is 11.4 Å². The number of aromatic nitrogens is 2. The van der Waals surface area contributed by atoms with Gasteiger partial charge in [-0.05, 0) is 38.8 Å². The van der Waals surface area contributed by atoms with Gasteiger partial charge in [0.05, 0.1) is 13.3 Å². The maximum Gasteiger partial charge on any atom is 0.163 e. The zero-order valence-electron chi connectivity index (χ0n) is 12.7. The first-order chi connectivity index (χ1) is 9.45. The molecule has 20 heavy (non-hydrogen) atoms. The highest BCUT2D eigenvalue weighted by atomic mass is 16.5. The van der Waals surface area contributed by atoms with Crippen LogP contribution in [-0.4, -0.2) is 22.0 Å². The minimum absolute atomic E-state index is 0.161. The molecule has 0 amide bonds. The van der Waals surface area contributed by atoms with Crippen molar-refractivity contribution in [1.82, 2.24) is 9.78 Å². The summed E-state index contributed by atoms with van der Waals surface area (Å²) >= 11 is 0. The Morgan fingerprint density at radius 1 is 1.25 bits per heavy atom. The van der Waals surface area contributed by atoms with E-state index in [9.17, 15) is 5.11 Å². The monoisotopic (exact) mass is 274 g/mol. The van der Waals surface area contributed by atoms with Crippen LogP contribution in [0.2, 0.25) is 0 Å². The molecule has 4 heteroatoms. The molecule has 1 aromatic heterocycles. The number of ether oxygens (including phenoxy) is 1. The fraction of sp³-hybridized carbons (Fsp3) is 0.438. The predicted molar refractivity (Wildman–Crippen MR) is 79.1 cm³/mol. The van der Waals surface area contributed by atoms with E-state index in [1.807, 2.05) is 44.5 Å². The van der Waals surface area contributed by atoms with E-state index >= 15 is 0 Å². The van der Waals surface area contributed by atoms with Crippen LogP contribution < -0.4 is 4.74 Å². The van der Waals surface area contributed by atoms with E-state index in [4.69, 9.17) is 4.74 Å². The minimum atomic E-state index is -0.740. The second-order valence-electron chi connectivity index (χ2n) is 5.40. The smallest absolute Gasteiger partial charge is 0.163 e. The molecular weight excluding hydrogens is 252 g/mol. The lowest BCUT2D eigenvalue weighted by Crippen LogP contribution is -2.13. The van der Waals surface area contributed by atoms with Crippen LogP contribution in [0, 0.1) is 13.8 Å². The van der Waals surface area contributed by atoms with Gasteiger partial charge < -0.3 is 9.84 Å². The van der Waals surface area contributed by atoms with E-state index in [1.165, 1.54) is 5.56 Å². The standard InChI is InChI=1S/C16H22N2O2/c1-10(2)18-15(14(20-5)9-17-18)16(19)13-7-6-11(3)8-12(13)4/h6-10,16,19H,1-5H3. The van der Waals surface area contributed by atoms with Gasteiger partial charge in [0.25, 0.3) is 0 Å². The van der Waals surface area contributed by atoms with Gasteiger partial charge in [-0.3, -0.25) is 4.68 Å². The lowest BCUT2D eigenvalue weighted by Gasteiger charge is -2.19. The molecule has 1 atom stereocenters. The van der Waals surface area contributed by atoms with Crippen molar-refractivity contribution in [2.45, 2.75) is 39.8 Å². The molecule has 0 aliphatic rings. The SMILES string of the molecule is COc1cnn(C(C)C)c1C(O)c1ccc(C)cc1C. The molecule has 0 radical (unpaired) electrons. The highest BCUT2D eigenvalue weighted by Crippen LogP contribution is 2.33. The summed E-state index contributed by atoms with van der Waals surface area (Å²) in [5.74, 6) is 0.617. The third kappa shape index (κ3) is 2.56. The van der Waals surface area contributed by atoms with Gasteiger partial charge in [0, 0.05) is 6.04 Å². The van der Waals surface area contributed by atoms with Crippen molar-refractivity contribution >= 4 is 0 Å². The predicted octanol–water partition coefficient (Wildman–Crippen LogP) is 3.17. The van der Waals surface area contributed by atoms with E-state index in [0.717, 1.165) is 11.1 Å². The van der Waals surface area contributed by atoms with Crippen molar-refractivity contribution in [3.8, 4) is 5.75 Å². The number of benzene rings is 1. The van der Waals surface area contributed by atoms with E-state index < -0.39 is 6.10 Å². The number of aryl methyl sites for hydroxylation is 2.